The lowest BCUT2D eigenvalue weighted by Crippen LogP contribution is -2.34. The number of carbonyl (C=O) groups excluding carboxylic acids is 1. The summed E-state index contributed by atoms with van der Waals surface area (Å²) in [5, 5.41) is 15.3. The van der Waals surface area contributed by atoms with Crippen LogP contribution in [0.15, 0.2) is 11.8 Å². The van der Waals surface area contributed by atoms with Crippen molar-refractivity contribution in [1.82, 2.24) is 10.6 Å². The molecule has 4 unspecified atom stereocenters. The van der Waals surface area contributed by atoms with Crippen molar-refractivity contribution < 1.29 is 9.53 Å². The highest BCUT2D eigenvalue weighted by atomic mass is 16.5. The number of ether oxygens (including phenoxy) is 1. The monoisotopic (exact) mass is 347 g/mol. The third-order valence-corrected chi connectivity index (χ3v) is 5.68. The Labute approximate surface area is 152 Å². The highest BCUT2D eigenvalue weighted by Crippen LogP contribution is 2.49. The van der Waals surface area contributed by atoms with Gasteiger partial charge in [0.1, 0.15) is 11.6 Å². The summed E-state index contributed by atoms with van der Waals surface area (Å²) in [5.74, 6) is 2.11. The summed E-state index contributed by atoms with van der Waals surface area (Å²) in [5.41, 5.74) is 0.155. The van der Waals surface area contributed by atoms with Crippen LogP contribution in [-0.4, -0.2) is 31.7 Å². The van der Waals surface area contributed by atoms with E-state index >= 15 is 0 Å². The minimum Gasteiger partial charge on any atom is -0.387 e. The molecule has 0 spiro atoms. The van der Waals surface area contributed by atoms with E-state index in [2.05, 4.69) is 24.5 Å². The fourth-order valence-electron chi connectivity index (χ4n) is 4.21. The van der Waals surface area contributed by atoms with Crippen molar-refractivity contribution in [1.29, 1.82) is 5.26 Å². The SMILES string of the molecule is CCCCOCCCNC(=O)/C(C#N)=C\NC(C)C1CC2CCC1C2. The molecule has 1 amide bonds. The lowest BCUT2D eigenvalue weighted by atomic mass is 9.84. The summed E-state index contributed by atoms with van der Waals surface area (Å²) < 4.78 is 5.46. The zero-order valence-corrected chi connectivity index (χ0v) is 15.7. The number of hydrogen-bond acceptors (Lipinski definition) is 4. The highest BCUT2D eigenvalue weighted by molar-refractivity contribution is 5.97. The average Bonchev–Trinajstić information content (AvgIpc) is 3.24. The molecular weight excluding hydrogens is 314 g/mol. The summed E-state index contributed by atoms with van der Waals surface area (Å²) in [6.45, 7) is 6.25. The van der Waals surface area contributed by atoms with Gasteiger partial charge in [0.25, 0.3) is 5.91 Å². The number of fused-ring (bicyclic) bond motifs is 2. The van der Waals surface area contributed by atoms with Crippen molar-refractivity contribution in [2.45, 2.75) is 64.8 Å². The van der Waals surface area contributed by atoms with Crippen LogP contribution in [0.25, 0.3) is 0 Å². The first-order valence-electron chi connectivity index (χ1n) is 9.88. The molecule has 0 aromatic heterocycles. The van der Waals surface area contributed by atoms with Gasteiger partial charge in [-0.2, -0.15) is 5.26 Å². The second kappa shape index (κ2) is 10.5. The molecule has 2 bridgehead atoms. The molecule has 140 valence electrons. The van der Waals surface area contributed by atoms with Gasteiger partial charge in [-0.1, -0.05) is 19.8 Å². The minimum absolute atomic E-state index is 0.155. The standard InChI is InChI=1S/C20H33N3O2/c1-3-4-9-25-10-5-8-22-20(24)18(13-21)14-23-15(2)19-12-16-6-7-17(19)11-16/h14-17,19,23H,3-12H2,1-2H3,(H,22,24)/b18-14-. The summed E-state index contributed by atoms with van der Waals surface area (Å²) in [6, 6.07) is 2.32. The number of nitrogens with one attached hydrogen (secondary N) is 2. The first kappa shape index (κ1) is 19.8. The second-order valence-electron chi connectivity index (χ2n) is 7.54. The number of rotatable bonds is 11. The average molecular weight is 348 g/mol. The topological polar surface area (TPSA) is 74.1 Å². The van der Waals surface area contributed by atoms with Gasteiger partial charge in [0.15, 0.2) is 0 Å². The molecule has 2 rings (SSSR count). The van der Waals surface area contributed by atoms with Gasteiger partial charge in [0, 0.05) is 32.0 Å². The molecule has 0 heterocycles. The van der Waals surface area contributed by atoms with E-state index in [1.165, 1.54) is 25.7 Å². The third kappa shape index (κ3) is 6.04. The maximum atomic E-state index is 12.1. The first-order chi connectivity index (χ1) is 12.2. The molecule has 2 saturated carbocycles. The zero-order chi connectivity index (χ0) is 18.1. The van der Waals surface area contributed by atoms with Crippen LogP contribution in [0, 0.1) is 29.1 Å². The highest BCUT2D eigenvalue weighted by Gasteiger charge is 2.41. The normalized spacial score (nSPS) is 26.3. The molecule has 2 aliphatic carbocycles. The first-order valence-corrected chi connectivity index (χ1v) is 9.88. The number of amides is 1. The Morgan fingerprint density at radius 3 is 2.76 bits per heavy atom. The van der Waals surface area contributed by atoms with Crippen LogP contribution >= 0.6 is 0 Å². The third-order valence-electron chi connectivity index (χ3n) is 5.68. The van der Waals surface area contributed by atoms with Crippen molar-refractivity contribution in [3.8, 4) is 6.07 Å². The summed E-state index contributed by atoms with van der Waals surface area (Å²) in [6.07, 6.45) is 9.95. The van der Waals surface area contributed by atoms with Gasteiger partial charge in [0.05, 0.1) is 0 Å². The molecule has 4 atom stereocenters. The van der Waals surface area contributed by atoms with Gasteiger partial charge in [-0.05, 0) is 56.8 Å². The Bertz CT molecular complexity index is 498. The smallest absolute Gasteiger partial charge is 0.263 e. The van der Waals surface area contributed by atoms with Crippen LogP contribution in [0.2, 0.25) is 0 Å². The van der Waals surface area contributed by atoms with Crippen LogP contribution in [0.3, 0.4) is 0 Å². The van der Waals surface area contributed by atoms with Crippen molar-refractivity contribution in [3.63, 3.8) is 0 Å². The summed E-state index contributed by atoms with van der Waals surface area (Å²) in [4.78, 5) is 12.1. The molecule has 0 aromatic rings. The van der Waals surface area contributed by atoms with Crippen molar-refractivity contribution >= 4 is 5.91 Å². The van der Waals surface area contributed by atoms with E-state index in [4.69, 9.17) is 4.74 Å². The fourth-order valence-corrected chi connectivity index (χ4v) is 4.21. The van der Waals surface area contributed by atoms with E-state index in [-0.39, 0.29) is 11.5 Å². The number of hydrogen-bond donors (Lipinski definition) is 2. The van der Waals surface area contributed by atoms with Gasteiger partial charge in [-0.3, -0.25) is 4.79 Å². The lowest BCUT2D eigenvalue weighted by Gasteiger charge is -2.28. The zero-order valence-electron chi connectivity index (χ0n) is 15.7. The Kier molecular flexibility index (Phi) is 8.27. The fraction of sp³-hybridized carbons (Fsp3) is 0.800. The maximum Gasteiger partial charge on any atom is 0.263 e. The Balaban J connectivity index is 1.66. The summed E-state index contributed by atoms with van der Waals surface area (Å²) >= 11 is 0. The van der Waals surface area contributed by atoms with Crippen LogP contribution in [-0.2, 0) is 9.53 Å². The Morgan fingerprint density at radius 1 is 1.32 bits per heavy atom. The second-order valence-corrected chi connectivity index (χ2v) is 7.54. The number of carbonyl (C=O) groups is 1. The molecule has 0 saturated heterocycles. The molecule has 5 nitrogen and oxygen atoms in total. The predicted octanol–water partition coefficient (Wildman–Crippen LogP) is 3.13. The van der Waals surface area contributed by atoms with E-state index in [0.29, 0.717) is 25.1 Å². The molecule has 25 heavy (non-hydrogen) atoms. The minimum atomic E-state index is -0.302. The van der Waals surface area contributed by atoms with E-state index in [1.807, 2.05) is 6.07 Å². The van der Waals surface area contributed by atoms with E-state index < -0.39 is 0 Å². The van der Waals surface area contributed by atoms with Crippen molar-refractivity contribution in [2.24, 2.45) is 17.8 Å². The van der Waals surface area contributed by atoms with Crippen LogP contribution < -0.4 is 10.6 Å². The van der Waals surface area contributed by atoms with Gasteiger partial charge in [-0.25, -0.2) is 0 Å². The Morgan fingerprint density at radius 2 is 2.12 bits per heavy atom. The molecule has 2 aliphatic rings. The number of nitrogens with zero attached hydrogens (tertiary/aromatic N) is 1. The summed E-state index contributed by atoms with van der Waals surface area (Å²) in [7, 11) is 0. The van der Waals surface area contributed by atoms with Gasteiger partial charge in [0.2, 0.25) is 0 Å². The number of nitriles is 1. The van der Waals surface area contributed by atoms with Crippen LogP contribution in [0.5, 0.6) is 0 Å². The lowest BCUT2D eigenvalue weighted by molar-refractivity contribution is -0.117. The largest absolute Gasteiger partial charge is 0.387 e. The Hall–Kier alpha value is -1.54. The van der Waals surface area contributed by atoms with Crippen LogP contribution in [0.4, 0.5) is 0 Å². The molecule has 0 aliphatic heterocycles. The molecule has 0 aromatic carbocycles. The van der Waals surface area contributed by atoms with E-state index in [0.717, 1.165) is 37.7 Å². The van der Waals surface area contributed by atoms with Gasteiger partial charge < -0.3 is 15.4 Å². The molecule has 5 heteroatoms. The molecular formula is C20H33N3O2. The van der Waals surface area contributed by atoms with Gasteiger partial charge >= 0.3 is 0 Å². The molecule has 2 fully saturated rings. The van der Waals surface area contributed by atoms with Crippen molar-refractivity contribution in [3.05, 3.63) is 11.8 Å². The van der Waals surface area contributed by atoms with Crippen molar-refractivity contribution in [2.75, 3.05) is 19.8 Å². The molecule has 2 N–H and O–H groups in total. The van der Waals surface area contributed by atoms with Gasteiger partial charge in [-0.15, -0.1) is 0 Å². The molecule has 0 radical (unpaired) electrons. The van der Waals surface area contributed by atoms with E-state index in [1.54, 1.807) is 6.20 Å². The van der Waals surface area contributed by atoms with Crippen LogP contribution in [0.1, 0.15) is 58.8 Å². The predicted molar refractivity (Wildman–Crippen MR) is 98.6 cm³/mol. The quantitative estimate of drug-likeness (QED) is 0.342. The maximum absolute atomic E-state index is 12.1. The van der Waals surface area contributed by atoms with E-state index in [9.17, 15) is 10.1 Å². The number of unbranched alkanes of at least 4 members (excludes halogenated alkanes) is 1.